The minimum atomic E-state index is -0.0318. The van der Waals surface area contributed by atoms with Crippen molar-refractivity contribution in [1.82, 2.24) is 14.9 Å². The van der Waals surface area contributed by atoms with Crippen molar-refractivity contribution in [2.45, 2.75) is 19.3 Å². The number of benzene rings is 2. The van der Waals surface area contributed by atoms with Crippen LogP contribution >= 0.6 is 0 Å². The third kappa shape index (κ3) is 5.46. The van der Waals surface area contributed by atoms with Gasteiger partial charge in [-0.15, -0.1) is 0 Å². The highest BCUT2D eigenvalue weighted by Crippen LogP contribution is 2.35. The van der Waals surface area contributed by atoms with Crippen LogP contribution in [0.15, 0.2) is 66.2 Å². The van der Waals surface area contributed by atoms with Crippen LogP contribution in [0.1, 0.15) is 22.6 Å². The first-order valence-corrected chi connectivity index (χ1v) is 11.9. The zero-order chi connectivity index (χ0) is 24.2. The van der Waals surface area contributed by atoms with Gasteiger partial charge in [0.15, 0.2) is 5.78 Å². The van der Waals surface area contributed by atoms with Gasteiger partial charge in [0.1, 0.15) is 17.3 Å². The molecule has 0 amide bonds. The Kier molecular flexibility index (Phi) is 6.68. The van der Waals surface area contributed by atoms with E-state index in [0.717, 1.165) is 43.0 Å². The summed E-state index contributed by atoms with van der Waals surface area (Å²) in [6, 6.07) is 16.2. The molecule has 1 fully saturated rings. The summed E-state index contributed by atoms with van der Waals surface area (Å²) in [6.07, 6.45) is 4.73. The fourth-order valence-electron chi connectivity index (χ4n) is 4.35. The summed E-state index contributed by atoms with van der Waals surface area (Å²) in [5, 5.41) is 0. The number of ether oxygens (including phenoxy) is 1. The van der Waals surface area contributed by atoms with E-state index in [-0.39, 0.29) is 12.2 Å². The van der Waals surface area contributed by atoms with Crippen molar-refractivity contribution >= 4 is 23.4 Å². The summed E-state index contributed by atoms with van der Waals surface area (Å²) in [7, 11) is 2.17. The number of ketones is 1. The van der Waals surface area contributed by atoms with E-state index in [0.29, 0.717) is 36.0 Å². The van der Waals surface area contributed by atoms with Crippen LogP contribution in [-0.4, -0.2) is 60.1 Å². The second-order valence-electron chi connectivity index (χ2n) is 8.99. The summed E-state index contributed by atoms with van der Waals surface area (Å²) in [6.45, 7) is 7.81. The van der Waals surface area contributed by atoms with Gasteiger partial charge in [-0.05, 0) is 48.5 Å². The maximum Gasteiger partial charge on any atom is 0.249 e. The van der Waals surface area contributed by atoms with E-state index in [1.807, 2.05) is 30.5 Å². The van der Waals surface area contributed by atoms with E-state index < -0.39 is 0 Å². The molecule has 0 radical (unpaired) electrons. The number of carbonyl (C=O) groups excluding carboxylic acids is 1. The molecule has 0 saturated carbocycles. The molecular weight excluding hydrogens is 438 g/mol. The van der Waals surface area contributed by atoms with Crippen LogP contribution in [0.4, 0.5) is 11.4 Å². The zero-order valence-corrected chi connectivity index (χ0v) is 20.0. The van der Waals surface area contributed by atoms with E-state index >= 15 is 0 Å². The fourth-order valence-corrected chi connectivity index (χ4v) is 4.35. The average Bonchev–Trinajstić information content (AvgIpc) is 3.34. The third-order valence-corrected chi connectivity index (χ3v) is 6.36. The minimum Gasteiger partial charge on any atom is -0.437 e. The van der Waals surface area contributed by atoms with Crippen LogP contribution < -0.4 is 9.64 Å². The van der Waals surface area contributed by atoms with Crippen molar-refractivity contribution in [3.63, 3.8) is 0 Å². The maximum absolute atomic E-state index is 11.7. The number of rotatable bonds is 8. The lowest BCUT2D eigenvalue weighted by atomic mass is 10.1. The number of carbonyl (C=O) groups is 1. The summed E-state index contributed by atoms with van der Waals surface area (Å²) in [5.74, 6) is 1.73. The van der Waals surface area contributed by atoms with Crippen molar-refractivity contribution in [3.8, 4) is 11.6 Å². The van der Waals surface area contributed by atoms with E-state index in [1.165, 1.54) is 11.8 Å². The molecule has 3 aromatic rings. The Labute approximate surface area is 205 Å². The SMILES string of the molecule is C=CC(=O)Cc1cccc(Oc2nc(Cc3ccc(N4CCN(C)CC4)cc3)nc3c2N=CC3)c1. The highest BCUT2D eigenvalue weighted by atomic mass is 16.5. The smallest absolute Gasteiger partial charge is 0.249 e. The van der Waals surface area contributed by atoms with Crippen molar-refractivity contribution in [2.24, 2.45) is 4.99 Å². The number of anilines is 1. The van der Waals surface area contributed by atoms with E-state index in [1.54, 1.807) is 0 Å². The first kappa shape index (κ1) is 22.9. The number of allylic oxidation sites excluding steroid dienone is 1. The predicted octanol–water partition coefficient (Wildman–Crippen LogP) is 4.17. The molecule has 5 rings (SSSR count). The van der Waals surface area contributed by atoms with Gasteiger partial charge in [-0.2, -0.15) is 4.98 Å². The molecule has 178 valence electrons. The Morgan fingerprint density at radius 3 is 2.63 bits per heavy atom. The molecule has 2 aliphatic rings. The Hall–Kier alpha value is -3.84. The molecule has 1 saturated heterocycles. The normalized spacial score (nSPS) is 15.2. The molecule has 3 heterocycles. The van der Waals surface area contributed by atoms with Crippen LogP contribution in [0, 0.1) is 0 Å². The topological polar surface area (TPSA) is 70.9 Å². The standard InChI is InChI=1S/C28H29N5O2/c1-3-23(34)17-21-5-4-6-24(18-21)35-28-27-25(11-12-29-27)30-26(31-28)19-20-7-9-22(10-8-20)33-15-13-32(2)14-16-33/h3-10,12,18H,1,11,13-17,19H2,2H3. The largest absolute Gasteiger partial charge is 0.437 e. The van der Waals surface area contributed by atoms with Gasteiger partial charge in [-0.3, -0.25) is 9.79 Å². The van der Waals surface area contributed by atoms with Crippen molar-refractivity contribution < 1.29 is 9.53 Å². The minimum absolute atomic E-state index is 0.0318. The number of likely N-dealkylation sites (N-methyl/N-ethyl adjacent to an activating group) is 1. The number of aliphatic imine (C=N–C) groups is 1. The summed E-state index contributed by atoms with van der Waals surface area (Å²) < 4.78 is 6.15. The lowest BCUT2D eigenvalue weighted by Gasteiger charge is -2.34. The summed E-state index contributed by atoms with van der Waals surface area (Å²) >= 11 is 0. The van der Waals surface area contributed by atoms with Gasteiger partial charge in [0.2, 0.25) is 5.88 Å². The van der Waals surface area contributed by atoms with Gasteiger partial charge in [-0.1, -0.05) is 30.8 Å². The molecule has 0 atom stereocenters. The Morgan fingerprint density at radius 1 is 1.06 bits per heavy atom. The average molecular weight is 468 g/mol. The molecule has 0 N–H and O–H groups in total. The lowest BCUT2D eigenvalue weighted by Crippen LogP contribution is -2.44. The van der Waals surface area contributed by atoms with Crippen LogP contribution in [0.5, 0.6) is 11.6 Å². The number of nitrogens with zero attached hydrogens (tertiary/aromatic N) is 5. The fraction of sp³-hybridized carbons (Fsp3) is 0.286. The first-order valence-electron chi connectivity index (χ1n) is 11.9. The van der Waals surface area contributed by atoms with Crippen LogP contribution in [0.25, 0.3) is 0 Å². The number of hydrogen-bond acceptors (Lipinski definition) is 7. The van der Waals surface area contributed by atoms with Gasteiger partial charge in [0.25, 0.3) is 0 Å². The molecule has 2 aromatic carbocycles. The molecule has 35 heavy (non-hydrogen) atoms. The maximum atomic E-state index is 11.7. The highest BCUT2D eigenvalue weighted by molar-refractivity contribution is 5.90. The summed E-state index contributed by atoms with van der Waals surface area (Å²) in [4.78, 5) is 30.4. The van der Waals surface area contributed by atoms with Gasteiger partial charge in [-0.25, -0.2) is 4.98 Å². The Morgan fingerprint density at radius 2 is 1.86 bits per heavy atom. The molecule has 0 unspecified atom stereocenters. The molecule has 7 nitrogen and oxygen atoms in total. The van der Waals surface area contributed by atoms with Crippen LogP contribution in [0.2, 0.25) is 0 Å². The second kappa shape index (κ2) is 10.2. The van der Waals surface area contributed by atoms with Crippen molar-refractivity contribution in [2.75, 3.05) is 38.1 Å². The monoisotopic (exact) mass is 467 g/mol. The van der Waals surface area contributed by atoms with E-state index in [2.05, 4.69) is 52.7 Å². The van der Waals surface area contributed by atoms with E-state index in [9.17, 15) is 4.79 Å². The second-order valence-corrected chi connectivity index (χ2v) is 8.99. The van der Waals surface area contributed by atoms with Gasteiger partial charge in [0, 0.05) is 57.3 Å². The quantitative estimate of drug-likeness (QED) is 0.463. The molecular formula is C28H29N5O2. The van der Waals surface area contributed by atoms with Gasteiger partial charge < -0.3 is 14.5 Å². The number of aromatic nitrogens is 2. The first-order chi connectivity index (χ1) is 17.1. The van der Waals surface area contributed by atoms with Crippen molar-refractivity contribution in [1.29, 1.82) is 0 Å². The zero-order valence-electron chi connectivity index (χ0n) is 20.0. The number of hydrogen-bond donors (Lipinski definition) is 0. The summed E-state index contributed by atoms with van der Waals surface area (Å²) in [5.41, 5.74) is 4.81. The Bertz CT molecular complexity index is 1260. The number of fused-ring (bicyclic) bond motifs is 1. The molecule has 0 aliphatic carbocycles. The van der Waals surface area contributed by atoms with Crippen LogP contribution in [-0.2, 0) is 24.1 Å². The van der Waals surface area contributed by atoms with Gasteiger partial charge in [0.05, 0.1) is 5.69 Å². The molecule has 0 bridgehead atoms. The molecule has 0 spiro atoms. The highest BCUT2D eigenvalue weighted by Gasteiger charge is 2.20. The van der Waals surface area contributed by atoms with Crippen LogP contribution in [0.3, 0.4) is 0 Å². The lowest BCUT2D eigenvalue weighted by molar-refractivity contribution is -0.114. The van der Waals surface area contributed by atoms with Gasteiger partial charge >= 0.3 is 0 Å². The third-order valence-electron chi connectivity index (χ3n) is 6.36. The molecule has 2 aliphatic heterocycles. The Balaban J connectivity index is 1.33. The molecule has 1 aromatic heterocycles. The van der Waals surface area contributed by atoms with Crippen molar-refractivity contribution in [3.05, 3.63) is 83.8 Å². The number of piperazine rings is 1. The molecule has 7 heteroatoms. The van der Waals surface area contributed by atoms with E-state index in [4.69, 9.17) is 14.7 Å². The predicted molar refractivity (Wildman–Crippen MR) is 138 cm³/mol.